The number of phenolic OH excluding ortho intramolecular Hbond substituents is 1. The van der Waals surface area contributed by atoms with Crippen LogP contribution in [0.2, 0.25) is 0 Å². The van der Waals surface area contributed by atoms with Gasteiger partial charge in [-0.3, -0.25) is 0 Å². The average molecular weight is 275 g/mol. The minimum Gasteiger partial charge on any atom is -0.508 e. The van der Waals surface area contributed by atoms with Gasteiger partial charge in [0.1, 0.15) is 5.75 Å². The smallest absolute Gasteiger partial charge is 0.416 e. The van der Waals surface area contributed by atoms with Gasteiger partial charge in [0.25, 0.3) is 0 Å². The lowest BCUT2D eigenvalue weighted by Crippen LogP contribution is -2.30. The quantitative estimate of drug-likeness (QED) is 0.891. The number of aromatic hydroxyl groups is 1. The number of halogens is 3. The van der Waals surface area contributed by atoms with Crippen molar-refractivity contribution >= 4 is 5.69 Å². The predicted octanol–water partition coefficient (Wildman–Crippen LogP) is 2.76. The number of aliphatic hydroxyl groups excluding tert-OH is 1. The summed E-state index contributed by atoms with van der Waals surface area (Å²) in [5.74, 6) is -0.389. The fourth-order valence-electron chi connectivity index (χ4n) is 2.55. The molecule has 1 aliphatic heterocycles. The Balaban J connectivity index is 2.31. The van der Waals surface area contributed by atoms with Gasteiger partial charge in [-0.15, -0.1) is 0 Å². The third-order valence-corrected chi connectivity index (χ3v) is 3.40. The number of phenols is 1. The monoisotopic (exact) mass is 275 g/mol. The van der Waals surface area contributed by atoms with Crippen LogP contribution in [0, 0.1) is 0 Å². The van der Waals surface area contributed by atoms with Crippen molar-refractivity contribution in [2.75, 3.05) is 18.1 Å². The Bertz CT molecular complexity index is 448. The van der Waals surface area contributed by atoms with Crippen LogP contribution in [0.15, 0.2) is 18.2 Å². The number of anilines is 1. The highest BCUT2D eigenvalue weighted by Gasteiger charge is 2.33. The van der Waals surface area contributed by atoms with Gasteiger partial charge in [0.05, 0.1) is 5.56 Å². The van der Waals surface area contributed by atoms with Gasteiger partial charge >= 0.3 is 6.18 Å². The standard InChI is InChI=1S/C13H16F3NO2/c14-13(15,16)9-6-11(8-12(19)7-9)17-4-1-2-10(17)3-5-18/h6-8,10,18-19H,1-5H2. The van der Waals surface area contributed by atoms with E-state index in [-0.39, 0.29) is 18.4 Å². The van der Waals surface area contributed by atoms with Gasteiger partial charge in [0, 0.05) is 30.9 Å². The molecule has 0 saturated carbocycles. The number of hydrogen-bond acceptors (Lipinski definition) is 3. The maximum absolute atomic E-state index is 12.7. The summed E-state index contributed by atoms with van der Waals surface area (Å²) in [6, 6.07) is 3.15. The number of alkyl halides is 3. The first-order valence-corrected chi connectivity index (χ1v) is 6.20. The third kappa shape index (κ3) is 3.12. The molecule has 1 saturated heterocycles. The summed E-state index contributed by atoms with van der Waals surface area (Å²) in [6.07, 6.45) is -2.23. The van der Waals surface area contributed by atoms with Gasteiger partial charge in [-0.05, 0) is 31.4 Å². The normalized spacial score (nSPS) is 20.0. The van der Waals surface area contributed by atoms with E-state index < -0.39 is 11.7 Å². The lowest BCUT2D eigenvalue weighted by molar-refractivity contribution is -0.137. The van der Waals surface area contributed by atoms with E-state index in [4.69, 9.17) is 5.11 Å². The SMILES string of the molecule is OCCC1CCCN1c1cc(O)cc(C(F)(F)F)c1. The zero-order valence-electron chi connectivity index (χ0n) is 10.3. The Morgan fingerprint density at radius 3 is 2.63 bits per heavy atom. The second-order valence-corrected chi connectivity index (χ2v) is 4.74. The first kappa shape index (κ1) is 14.0. The van der Waals surface area contributed by atoms with E-state index in [1.54, 1.807) is 0 Å². The molecule has 3 nitrogen and oxygen atoms in total. The largest absolute Gasteiger partial charge is 0.508 e. The summed E-state index contributed by atoms with van der Waals surface area (Å²) in [6.45, 7) is 0.650. The molecule has 0 amide bonds. The van der Waals surface area contributed by atoms with E-state index in [9.17, 15) is 18.3 Å². The van der Waals surface area contributed by atoms with Gasteiger partial charge in [-0.2, -0.15) is 13.2 Å². The highest BCUT2D eigenvalue weighted by atomic mass is 19.4. The fourth-order valence-corrected chi connectivity index (χ4v) is 2.55. The minimum atomic E-state index is -4.47. The van der Waals surface area contributed by atoms with Crippen LogP contribution >= 0.6 is 0 Å². The number of benzene rings is 1. The Kier molecular flexibility index (Phi) is 3.89. The fraction of sp³-hybridized carbons (Fsp3) is 0.538. The molecule has 1 unspecified atom stereocenters. The van der Waals surface area contributed by atoms with Crippen molar-refractivity contribution in [3.8, 4) is 5.75 Å². The molecular weight excluding hydrogens is 259 g/mol. The summed E-state index contributed by atoms with van der Waals surface area (Å²) in [5, 5.41) is 18.4. The second-order valence-electron chi connectivity index (χ2n) is 4.74. The zero-order chi connectivity index (χ0) is 14.0. The number of rotatable bonds is 3. The molecular formula is C13H16F3NO2. The Hall–Kier alpha value is -1.43. The topological polar surface area (TPSA) is 43.7 Å². The van der Waals surface area contributed by atoms with Crippen LogP contribution in [-0.2, 0) is 6.18 Å². The van der Waals surface area contributed by atoms with Crippen LogP contribution in [0.5, 0.6) is 5.75 Å². The molecule has 1 aliphatic rings. The van der Waals surface area contributed by atoms with Crippen LogP contribution in [0.4, 0.5) is 18.9 Å². The first-order chi connectivity index (χ1) is 8.91. The van der Waals surface area contributed by atoms with E-state index in [0.29, 0.717) is 18.7 Å². The van der Waals surface area contributed by atoms with E-state index >= 15 is 0 Å². The van der Waals surface area contributed by atoms with Gasteiger partial charge in [-0.25, -0.2) is 0 Å². The van der Waals surface area contributed by atoms with Crippen molar-refractivity contribution in [2.45, 2.75) is 31.5 Å². The molecule has 1 aromatic carbocycles. The molecule has 1 atom stereocenters. The highest BCUT2D eigenvalue weighted by molar-refractivity contribution is 5.55. The molecule has 2 rings (SSSR count). The summed E-state index contributed by atoms with van der Waals surface area (Å²) in [5.41, 5.74) is -0.486. The van der Waals surface area contributed by atoms with Crippen LogP contribution in [0.3, 0.4) is 0 Å². The molecule has 0 aromatic heterocycles. The molecule has 1 heterocycles. The highest BCUT2D eigenvalue weighted by Crippen LogP contribution is 2.37. The Morgan fingerprint density at radius 2 is 2.00 bits per heavy atom. The van der Waals surface area contributed by atoms with E-state index in [1.807, 2.05) is 4.90 Å². The summed E-state index contributed by atoms with van der Waals surface area (Å²) in [4.78, 5) is 1.82. The molecule has 6 heteroatoms. The van der Waals surface area contributed by atoms with Gasteiger partial charge in [-0.1, -0.05) is 0 Å². The van der Waals surface area contributed by atoms with E-state index in [2.05, 4.69) is 0 Å². The maximum Gasteiger partial charge on any atom is 0.416 e. The third-order valence-electron chi connectivity index (χ3n) is 3.40. The second kappa shape index (κ2) is 5.28. The summed E-state index contributed by atoms with van der Waals surface area (Å²) < 4.78 is 38.1. The molecule has 1 aromatic rings. The molecule has 2 N–H and O–H groups in total. The van der Waals surface area contributed by atoms with E-state index in [1.165, 1.54) is 6.07 Å². The van der Waals surface area contributed by atoms with Gasteiger partial charge in [0.2, 0.25) is 0 Å². The average Bonchev–Trinajstić information content (AvgIpc) is 2.76. The summed E-state index contributed by atoms with van der Waals surface area (Å²) in [7, 11) is 0. The van der Waals surface area contributed by atoms with Gasteiger partial charge in [0.15, 0.2) is 0 Å². The molecule has 0 bridgehead atoms. The predicted molar refractivity (Wildman–Crippen MR) is 65.2 cm³/mol. The Morgan fingerprint density at radius 1 is 1.26 bits per heavy atom. The molecule has 106 valence electrons. The molecule has 19 heavy (non-hydrogen) atoms. The van der Waals surface area contributed by atoms with Crippen molar-refractivity contribution in [3.63, 3.8) is 0 Å². The zero-order valence-corrected chi connectivity index (χ0v) is 10.3. The lowest BCUT2D eigenvalue weighted by Gasteiger charge is -2.27. The molecule has 0 spiro atoms. The summed E-state index contributed by atoms with van der Waals surface area (Å²) >= 11 is 0. The van der Waals surface area contributed by atoms with Gasteiger partial charge < -0.3 is 15.1 Å². The van der Waals surface area contributed by atoms with E-state index in [0.717, 1.165) is 25.0 Å². The van der Waals surface area contributed by atoms with Crippen molar-refractivity contribution in [3.05, 3.63) is 23.8 Å². The lowest BCUT2D eigenvalue weighted by atomic mass is 10.1. The van der Waals surface area contributed by atoms with Crippen LogP contribution in [0.25, 0.3) is 0 Å². The molecule has 1 fully saturated rings. The number of aliphatic hydroxyl groups is 1. The van der Waals surface area contributed by atoms with Crippen molar-refractivity contribution in [2.24, 2.45) is 0 Å². The molecule has 0 radical (unpaired) electrons. The van der Waals surface area contributed by atoms with Crippen LogP contribution in [0.1, 0.15) is 24.8 Å². The van der Waals surface area contributed by atoms with Crippen molar-refractivity contribution < 1.29 is 23.4 Å². The first-order valence-electron chi connectivity index (χ1n) is 6.20. The minimum absolute atomic E-state index is 0.00606. The Labute approximate surface area is 109 Å². The maximum atomic E-state index is 12.7. The molecule has 0 aliphatic carbocycles. The number of hydrogen-bond donors (Lipinski definition) is 2. The van der Waals surface area contributed by atoms with Crippen LogP contribution < -0.4 is 4.90 Å². The van der Waals surface area contributed by atoms with Crippen molar-refractivity contribution in [1.82, 2.24) is 0 Å². The number of nitrogens with zero attached hydrogens (tertiary/aromatic N) is 1. The van der Waals surface area contributed by atoms with Crippen molar-refractivity contribution in [1.29, 1.82) is 0 Å². The van der Waals surface area contributed by atoms with Crippen LogP contribution in [-0.4, -0.2) is 29.4 Å².